The van der Waals surface area contributed by atoms with Crippen LogP contribution in [0.25, 0.3) is 0 Å². The van der Waals surface area contributed by atoms with Gasteiger partial charge in [0.15, 0.2) is 0 Å². The van der Waals surface area contributed by atoms with E-state index < -0.39 is 11.7 Å². The van der Waals surface area contributed by atoms with Crippen LogP contribution in [0, 0.1) is 0 Å². The fourth-order valence-electron chi connectivity index (χ4n) is 2.74. The Morgan fingerprint density at radius 1 is 1.24 bits per heavy atom. The van der Waals surface area contributed by atoms with Crippen LogP contribution in [0.3, 0.4) is 0 Å². The number of nitrogens with one attached hydrogen (secondary N) is 1. The number of benzene rings is 1. The zero-order chi connectivity index (χ0) is 15.3. The Hall–Kier alpha value is -1.07. The minimum atomic E-state index is -4.31. The molecular weight excluding hydrogens is 279 g/mol. The van der Waals surface area contributed by atoms with Gasteiger partial charge in [-0.05, 0) is 37.6 Å². The number of rotatable bonds is 5. The average molecular weight is 301 g/mol. The lowest BCUT2D eigenvalue weighted by Gasteiger charge is -2.25. The Labute approximate surface area is 123 Å². The van der Waals surface area contributed by atoms with Crippen LogP contribution in [0.5, 0.6) is 0 Å². The van der Waals surface area contributed by atoms with Crippen LogP contribution in [0.4, 0.5) is 13.2 Å². The second-order valence-corrected chi connectivity index (χ2v) is 5.56. The molecule has 1 fully saturated rings. The molecule has 21 heavy (non-hydrogen) atoms. The highest BCUT2D eigenvalue weighted by Crippen LogP contribution is 2.31. The third-order valence-electron chi connectivity index (χ3n) is 4.02. The van der Waals surface area contributed by atoms with Crippen molar-refractivity contribution >= 4 is 0 Å². The van der Waals surface area contributed by atoms with Gasteiger partial charge in [0.2, 0.25) is 0 Å². The molecule has 1 aliphatic rings. The first-order valence-electron chi connectivity index (χ1n) is 7.46. The van der Waals surface area contributed by atoms with Crippen LogP contribution >= 0.6 is 0 Å². The van der Waals surface area contributed by atoms with E-state index in [0.29, 0.717) is 12.2 Å². The SMILES string of the molecule is CNC(COC1CCCCC1)c1cccc(C(F)(F)F)c1. The summed E-state index contributed by atoms with van der Waals surface area (Å²) in [7, 11) is 1.75. The number of hydrogen-bond acceptors (Lipinski definition) is 2. The van der Waals surface area contributed by atoms with Crippen LogP contribution in [0.2, 0.25) is 0 Å². The molecule has 1 saturated carbocycles. The van der Waals surface area contributed by atoms with Crippen molar-refractivity contribution in [3.8, 4) is 0 Å². The highest BCUT2D eigenvalue weighted by molar-refractivity contribution is 5.28. The number of hydrogen-bond donors (Lipinski definition) is 1. The number of likely N-dealkylation sites (N-methyl/N-ethyl adjacent to an activating group) is 1. The molecule has 0 aliphatic heterocycles. The zero-order valence-electron chi connectivity index (χ0n) is 12.2. The van der Waals surface area contributed by atoms with Crippen molar-refractivity contribution in [1.82, 2.24) is 5.32 Å². The molecule has 0 amide bonds. The standard InChI is InChI=1S/C16H22F3NO/c1-20-15(11-21-14-8-3-2-4-9-14)12-6-5-7-13(10-12)16(17,18)19/h5-7,10,14-15,20H,2-4,8-9,11H2,1H3. The van der Waals surface area contributed by atoms with Crippen molar-refractivity contribution < 1.29 is 17.9 Å². The van der Waals surface area contributed by atoms with Crippen LogP contribution < -0.4 is 5.32 Å². The van der Waals surface area contributed by atoms with Crippen LogP contribution in [-0.2, 0) is 10.9 Å². The van der Waals surface area contributed by atoms with E-state index in [9.17, 15) is 13.2 Å². The maximum atomic E-state index is 12.8. The lowest BCUT2D eigenvalue weighted by Crippen LogP contribution is -2.26. The second-order valence-electron chi connectivity index (χ2n) is 5.56. The van der Waals surface area contributed by atoms with E-state index in [1.807, 2.05) is 0 Å². The van der Waals surface area contributed by atoms with Crippen molar-refractivity contribution in [3.63, 3.8) is 0 Å². The maximum absolute atomic E-state index is 12.8. The van der Waals surface area contributed by atoms with Gasteiger partial charge in [-0.2, -0.15) is 13.2 Å². The molecule has 1 N–H and O–H groups in total. The Morgan fingerprint density at radius 2 is 1.95 bits per heavy atom. The van der Waals surface area contributed by atoms with Gasteiger partial charge >= 0.3 is 6.18 Å². The first kappa shape index (κ1) is 16.3. The van der Waals surface area contributed by atoms with Gasteiger partial charge in [0.1, 0.15) is 0 Å². The van der Waals surface area contributed by atoms with Crippen molar-refractivity contribution in [2.24, 2.45) is 0 Å². The van der Waals surface area contributed by atoms with Gasteiger partial charge < -0.3 is 10.1 Å². The molecule has 2 nitrogen and oxygen atoms in total. The minimum Gasteiger partial charge on any atom is -0.376 e. The normalized spacial score (nSPS) is 18.7. The van der Waals surface area contributed by atoms with E-state index in [1.54, 1.807) is 13.1 Å². The summed E-state index contributed by atoms with van der Waals surface area (Å²) >= 11 is 0. The van der Waals surface area contributed by atoms with Gasteiger partial charge in [-0.3, -0.25) is 0 Å². The average Bonchev–Trinajstić information content (AvgIpc) is 2.48. The van der Waals surface area contributed by atoms with Gasteiger partial charge in [0.05, 0.1) is 24.3 Å². The molecule has 118 valence electrons. The molecule has 5 heteroatoms. The van der Waals surface area contributed by atoms with E-state index in [2.05, 4.69) is 5.32 Å². The summed E-state index contributed by atoms with van der Waals surface area (Å²) in [6, 6.07) is 5.24. The van der Waals surface area contributed by atoms with E-state index >= 15 is 0 Å². The first-order valence-corrected chi connectivity index (χ1v) is 7.46. The molecule has 0 spiro atoms. The highest BCUT2D eigenvalue weighted by Gasteiger charge is 2.31. The largest absolute Gasteiger partial charge is 0.416 e. The Balaban J connectivity index is 1.99. The Morgan fingerprint density at radius 3 is 2.57 bits per heavy atom. The van der Waals surface area contributed by atoms with Gasteiger partial charge in [-0.15, -0.1) is 0 Å². The predicted octanol–water partition coefficient (Wildman–Crippen LogP) is 4.32. The molecule has 0 radical (unpaired) electrons. The van der Waals surface area contributed by atoms with Crippen LogP contribution in [0.1, 0.15) is 49.3 Å². The summed E-state index contributed by atoms with van der Waals surface area (Å²) in [6.07, 6.45) is 1.66. The third-order valence-corrected chi connectivity index (χ3v) is 4.02. The molecule has 1 aromatic carbocycles. The zero-order valence-corrected chi connectivity index (χ0v) is 12.2. The Kier molecular flexibility index (Phi) is 5.65. The molecule has 1 unspecified atom stereocenters. The maximum Gasteiger partial charge on any atom is 0.416 e. The lowest BCUT2D eigenvalue weighted by molar-refractivity contribution is -0.137. The van der Waals surface area contributed by atoms with Crippen molar-refractivity contribution in [2.75, 3.05) is 13.7 Å². The van der Waals surface area contributed by atoms with Gasteiger partial charge in [-0.1, -0.05) is 31.4 Å². The second kappa shape index (κ2) is 7.27. The fourth-order valence-corrected chi connectivity index (χ4v) is 2.74. The van der Waals surface area contributed by atoms with Crippen molar-refractivity contribution in [2.45, 2.75) is 50.4 Å². The molecule has 1 aliphatic carbocycles. The molecule has 0 heterocycles. The van der Waals surface area contributed by atoms with E-state index in [4.69, 9.17) is 4.74 Å². The lowest BCUT2D eigenvalue weighted by atomic mass is 9.97. The fraction of sp³-hybridized carbons (Fsp3) is 0.625. The molecule has 2 rings (SSSR count). The van der Waals surface area contributed by atoms with E-state index in [0.717, 1.165) is 18.9 Å². The van der Waals surface area contributed by atoms with E-state index in [1.165, 1.54) is 31.4 Å². The predicted molar refractivity (Wildman–Crippen MR) is 76.1 cm³/mol. The van der Waals surface area contributed by atoms with Crippen molar-refractivity contribution in [3.05, 3.63) is 35.4 Å². The number of halogens is 3. The smallest absolute Gasteiger partial charge is 0.376 e. The summed E-state index contributed by atoms with van der Waals surface area (Å²) < 4.78 is 44.2. The van der Waals surface area contributed by atoms with Crippen molar-refractivity contribution in [1.29, 1.82) is 0 Å². The Bertz CT molecular complexity index is 441. The summed E-state index contributed by atoms with van der Waals surface area (Å²) in [4.78, 5) is 0. The minimum absolute atomic E-state index is 0.214. The van der Waals surface area contributed by atoms with Gasteiger partial charge in [-0.25, -0.2) is 0 Å². The van der Waals surface area contributed by atoms with Crippen LogP contribution in [0.15, 0.2) is 24.3 Å². The monoisotopic (exact) mass is 301 g/mol. The first-order chi connectivity index (χ1) is 10.0. The van der Waals surface area contributed by atoms with Gasteiger partial charge in [0.25, 0.3) is 0 Å². The third kappa shape index (κ3) is 4.71. The summed E-state index contributed by atoms with van der Waals surface area (Å²) in [5, 5.41) is 3.04. The summed E-state index contributed by atoms with van der Waals surface area (Å²) in [6.45, 7) is 0.405. The molecule has 0 bridgehead atoms. The molecule has 1 aromatic rings. The van der Waals surface area contributed by atoms with Gasteiger partial charge in [0, 0.05) is 0 Å². The molecule has 0 aromatic heterocycles. The molecule has 0 saturated heterocycles. The molecule has 1 atom stereocenters. The topological polar surface area (TPSA) is 21.3 Å². The molecular formula is C16H22F3NO. The summed E-state index contributed by atoms with van der Waals surface area (Å²) in [5.41, 5.74) is 0.000973. The number of alkyl halides is 3. The summed E-state index contributed by atoms with van der Waals surface area (Å²) in [5.74, 6) is 0. The highest BCUT2D eigenvalue weighted by atomic mass is 19.4. The number of ether oxygens (including phenoxy) is 1. The quantitative estimate of drug-likeness (QED) is 0.874. The van der Waals surface area contributed by atoms with E-state index in [-0.39, 0.29) is 12.1 Å². The van der Waals surface area contributed by atoms with Crippen LogP contribution in [-0.4, -0.2) is 19.8 Å².